The highest BCUT2D eigenvalue weighted by atomic mass is 16.2. The third-order valence-electron chi connectivity index (χ3n) is 10.4. The van der Waals surface area contributed by atoms with Gasteiger partial charge >= 0.3 is 0 Å². The molecule has 10 aromatic carbocycles. The second-order valence-electron chi connectivity index (χ2n) is 13.4. The number of carbonyl (C=O) groups excluding carboxylic acids is 1. The summed E-state index contributed by atoms with van der Waals surface area (Å²) in [5.41, 5.74) is 5.16. The molecule has 0 saturated heterocycles. The molecular formula is C50H29NO. The smallest absolute Gasteiger partial charge is 0.258 e. The van der Waals surface area contributed by atoms with Crippen LogP contribution in [-0.2, 0) is 0 Å². The zero-order valence-electron chi connectivity index (χ0n) is 28.4. The van der Waals surface area contributed by atoms with Crippen molar-refractivity contribution in [2.24, 2.45) is 0 Å². The van der Waals surface area contributed by atoms with Crippen molar-refractivity contribution < 1.29 is 4.79 Å². The van der Waals surface area contributed by atoms with Gasteiger partial charge in [0, 0.05) is 40.6 Å². The van der Waals surface area contributed by atoms with Crippen LogP contribution in [0.4, 0.5) is 5.69 Å². The highest BCUT2D eigenvalue weighted by Gasteiger charge is 2.14. The molecule has 10 rings (SSSR count). The molecule has 0 unspecified atom stereocenters. The molecule has 0 aliphatic heterocycles. The van der Waals surface area contributed by atoms with Crippen LogP contribution in [0.3, 0.4) is 0 Å². The molecular weight excluding hydrogens is 631 g/mol. The quantitative estimate of drug-likeness (QED) is 0.134. The monoisotopic (exact) mass is 659 g/mol. The maximum atomic E-state index is 13.5. The lowest BCUT2D eigenvalue weighted by molar-refractivity contribution is 0.0993. The summed E-state index contributed by atoms with van der Waals surface area (Å²) in [5.74, 6) is 13.4. The molecule has 0 saturated carbocycles. The van der Waals surface area contributed by atoms with E-state index < -0.39 is 0 Å². The summed E-state index contributed by atoms with van der Waals surface area (Å²) in [6.07, 6.45) is 0. The number of amides is 1. The van der Waals surface area contributed by atoms with Crippen LogP contribution in [0.5, 0.6) is 0 Å². The third kappa shape index (κ3) is 4.82. The first-order valence-corrected chi connectivity index (χ1v) is 17.4. The normalized spacial score (nSPS) is 11.3. The molecule has 0 N–H and O–H groups in total. The number of carbonyl (C=O) groups is 1. The standard InChI is InChI=1S/C50H29NO/c1-51(43-28-12-33(13-29-43)9-15-35-19-21-41-25-23-37-5-3-7-39-27-31-45(35)49(41)47(37)39)50(52)42-16-10-32(11-17-42)8-14-34-18-20-40-24-22-36-4-2-6-38-26-30-44(34)48(40)46(36)38/h2-7,10-13,16-31H,1H3. The number of nitrogens with zero attached hydrogens (tertiary/aromatic N) is 1. The zero-order valence-corrected chi connectivity index (χ0v) is 28.4. The fourth-order valence-corrected chi connectivity index (χ4v) is 7.74. The molecule has 0 aliphatic rings. The predicted molar refractivity (Wildman–Crippen MR) is 218 cm³/mol. The lowest BCUT2D eigenvalue weighted by Gasteiger charge is -2.17. The van der Waals surface area contributed by atoms with Crippen LogP contribution in [0.2, 0.25) is 0 Å². The van der Waals surface area contributed by atoms with Crippen LogP contribution in [0, 0.1) is 23.7 Å². The van der Waals surface area contributed by atoms with E-state index in [9.17, 15) is 4.79 Å². The van der Waals surface area contributed by atoms with Gasteiger partial charge in [0.25, 0.3) is 5.91 Å². The lowest BCUT2D eigenvalue weighted by Crippen LogP contribution is -2.26. The number of hydrogen-bond donors (Lipinski definition) is 0. The van der Waals surface area contributed by atoms with Crippen molar-refractivity contribution in [2.75, 3.05) is 11.9 Å². The van der Waals surface area contributed by atoms with Gasteiger partial charge in [-0.05, 0) is 125 Å². The Morgan fingerprint density at radius 3 is 1.25 bits per heavy atom. The second kappa shape index (κ2) is 11.7. The van der Waals surface area contributed by atoms with Crippen LogP contribution in [0.1, 0.15) is 32.6 Å². The lowest BCUT2D eigenvalue weighted by atomic mass is 9.92. The summed E-state index contributed by atoms with van der Waals surface area (Å²) < 4.78 is 0. The Labute approximate surface area is 301 Å². The first-order valence-electron chi connectivity index (χ1n) is 17.4. The summed E-state index contributed by atoms with van der Waals surface area (Å²) in [4.78, 5) is 15.1. The molecule has 2 nitrogen and oxygen atoms in total. The van der Waals surface area contributed by atoms with Gasteiger partial charge < -0.3 is 4.90 Å². The summed E-state index contributed by atoms with van der Waals surface area (Å²) in [6.45, 7) is 0. The molecule has 1 amide bonds. The summed E-state index contributed by atoms with van der Waals surface area (Å²) in [6, 6.07) is 54.3. The number of hydrogen-bond acceptors (Lipinski definition) is 1. The molecule has 0 atom stereocenters. The van der Waals surface area contributed by atoms with Crippen molar-refractivity contribution in [3.05, 3.63) is 186 Å². The SMILES string of the molecule is CN(C(=O)c1ccc(C#Cc2ccc3ccc4cccc5ccc2c3c45)cc1)c1ccc(C#Cc2ccc3ccc4cccc5ccc2c3c45)cc1. The van der Waals surface area contributed by atoms with Gasteiger partial charge in [0.15, 0.2) is 0 Å². The van der Waals surface area contributed by atoms with Crippen molar-refractivity contribution in [1.29, 1.82) is 0 Å². The summed E-state index contributed by atoms with van der Waals surface area (Å²) in [5, 5.41) is 14.9. The van der Waals surface area contributed by atoms with E-state index in [0.717, 1.165) is 33.3 Å². The van der Waals surface area contributed by atoms with Gasteiger partial charge in [0.1, 0.15) is 0 Å². The van der Waals surface area contributed by atoms with E-state index >= 15 is 0 Å². The first kappa shape index (κ1) is 29.8. The van der Waals surface area contributed by atoms with Gasteiger partial charge in [0.05, 0.1) is 0 Å². The molecule has 0 aromatic heterocycles. The first-order chi connectivity index (χ1) is 25.6. The Kier molecular flexibility index (Phi) is 6.72. The maximum absolute atomic E-state index is 13.5. The van der Waals surface area contributed by atoms with Crippen molar-refractivity contribution in [2.45, 2.75) is 0 Å². The summed E-state index contributed by atoms with van der Waals surface area (Å²) >= 11 is 0. The van der Waals surface area contributed by atoms with Gasteiger partial charge in [0.2, 0.25) is 0 Å². The highest BCUT2D eigenvalue weighted by molar-refractivity contribution is 6.25. The van der Waals surface area contributed by atoms with Gasteiger partial charge in [-0.15, -0.1) is 0 Å². The van der Waals surface area contributed by atoms with Crippen LogP contribution >= 0.6 is 0 Å². The van der Waals surface area contributed by atoms with Crippen molar-refractivity contribution in [3.63, 3.8) is 0 Å². The van der Waals surface area contributed by atoms with Crippen molar-refractivity contribution >= 4 is 76.2 Å². The van der Waals surface area contributed by atoms with Crippen LogP contribution in [-0.4, -0.2) is 13.0 Å². The van der Waals surface area contributed by atoms with Crippen LogP contribution in [0.25, 0.3) is 64.6 Å². The Hall–Kier alpha value is -7.13. The number of anilines is 1. The van der Waals surface area contributed by atoms with Crippen molar-refractivity contribution in [3.8, 4) is 23.7 Å². The van der Waals surface area contributed by atoms with E-state index in [4.69, 9.17) is 0 Å². The molecule has 0 heterocycles. The van der Waals surface area contributed by atoms with Gasteiger partial charge in [-0.3, -0.25) is 4.79 Å². The highest BCUT2D eigenvalue weighted by Crippen LogP contribution is 2.37. The van der Waals surface area contributed by atoms with Gasteiger partial charge in [-0.2, -0.15) is 0 Å². The molecule has 0 fully saturated rings. The third-order valence-corrected chi connectivity index (χ3v) is 10.4. The zero-order chi connectivity index (χ0) is 34.8. The Morgan fingerprint density at radius 2 is 0.788 bits per heavy atom. The maximum Gasteiger partial charge on any atom is 0.258 e. The summed E-state index contributed by atoms with van der Waals surface area (Å²) in [7, 11) is 1.80. The molecule has 10 aromatic rings. The molecule has 2 heteroatoms. The minimum Gasteiger partial charge on any atom is -0.311 e. The largest absolute Gasteiger partial charge is 0.311 e. The van der Waals surface area contributed by atoms with E-state index in [1.165, 1.54) is 59.2 Å². The average molecular weight is 660 g/mol. The van der Waals surface area contributed by atoms with E-state index in [2.05, 4.69) is 133 Å². The van der Waals surface area contributed by atoms with E-state index in [1.807, 2.05) is 48.5 Å². The molecule has 0 aliphatic carbocycles. The molecule has 0 radical (unpaired) electrons. The fraction of sp³-hybridized carbons (Fsp3) is 0.0200. The number of benzene rings is 10. The van der Waals surface area contributed by atoms with E-state index in [-0.39, 0.29) is 5.91 Å². The minimum absolute atomic E-state index is 0.0845. The Morgan fingerprint density at radius 1 is 0.404 bits per heavy atom. The van der Waals surface area contributed by atoms with E-state index in [1.54, 1.807) is 11.9 Å². The van der Waals surface area contributed by atoms with Crippen LogP contribution < -0.4 is 4.90 Å². The number of rotatable bonds is 2. The molecule has 52 heavy (non-hydrogen) atoms. The van der Waals surface area contributed by atoms with Gasteiger partial charge in [-0.25, -0.2) is 0 Å². The van der Waals surface area contributed by atoms with Crippen LogP contribution in [0.15, 0.2) is 158 Å². The Bertz CT molecular complexity index is 3120. The second-order valence-corrected chi connectivity index (χ2v) is 13.4. The molecule has 240 valence electrons. The van der Waals surface area contributed by atoms with Crippen molar-refractivity contribution in [1.82, 2.24) is 0 Å². The minimum atomic E-state index is -0.0845. The molecule has 0 spiro atoms. The Balaban J connectivity index is 0.873. The topological polar surface area (TPSA) is 20.3 Å². The molecule has 0 bridgehead atoms. The van der Waals surface area contributed by atoms with Gasteiger partial charge in [-0.1, -0.05) is 121 Å². The van der Waals surface area contributed by atoms with E-state index in [0.29, 0.717) is 5.56 Å². The fourth-order valence-electron chi connectivity index (χ4n) is 7.74. The average Bonchev–Trinajstić information content (AvgIpc) is 3.20. The predicted octanol–water partition coefficient (Wildman–Crippen LogP) is 11.6.